The van der Waals surface area contributed by atoms with Crippen molar-refractivity contribution in [2.75, 3.05) is 0 Å². The minimum atomic E-state index is -0.0171. The summed E-state index contributed by atoms with van der Waals surface area (Å²) >= 11 is 7.43. The van der Waals surface area contributed by atoms with E-state index in [2.05, 4.69) is 15.3 Å². The molecule has 0 saturated heterocycles. The smallest absolute Gasteiger partial charge is 0.168 e. The first-order chi connectivity index (χ1) is 10.7. The van der Waals surface area contributed by atoms with Crippen molar-refractivity contribution in [3.8, 4) is 5.69 Å². The number of benzene rings is 1. The minimum Gasteiger partial charge on any atom is -0.390 e. The fraction of sp³-hybridized carbons (Fsp3) is 0.214. The Hall–Kier alpha value is -1.83. The lowest BCUT2D eigenvalue weighted by atomic mass is 10.3. The summed E-state index contributed by atoms with van der Waals surface area (Å²) in [5.41, 5.74) is 2.55. The average Bonchev–Trinajstić information content (AvgIpc) is 3.13. The highest BCUT2D eigenvalue weighted by Crippen LogP contribution is 2.21. The van der Waals surface area contributed by atoms with E-state index >= 15 is 0 Å². The lowest BCUT2D eigenvalue weighted by Gasteiger charge is -2.02. The Labute approximate surface area is 136 Å². The number of aliphatic hydroxyl groups excluding tert-OH is 1. The monoisotopic (exact) mass is 335 g/mol. The zero-order valence-corrected chi connectivity index (χ0v) is 13.4. The molecule has 0 fully saturated rings. The molecule has 0 radical (unpaired) electrons. The predicted octanol–water partition coefficient (Wildman–Crippen LogP) is 2.44. The Morgan fingerprint density at radius 3 is 2.73 bits per heavy atom. The number of hydrogen-bond acceptors (Lipinski definition) is 5. The second kappa shape index (κ2) is 6.51. The molecule has 3 aromatic rings. The first-order valence-corrected chi connectivity index (χ1v) is 7.95. The molecule has 114 valence electrons. The van der Waals surface area contributed by atoms with Gasteiger partial charge in [-0.1, -0.05) is 28.6 Å². The number of halogens is 1. The molecule has 6 nitrogen and oxygen atoms in total. The second-order valence-electron chi connectivity index (χ2n) is 4.67. The number of thioether (sulfide) groups is 1. The van der Waals surface area contributed by atoms with Gasteiger partial charge in [0.2, 0.25) is 0 Å². The Balaban J connectivity index is 1.69. The topological polar surface area (TPSA) is 68.8 Å². The van der Waals surface area contributed by atoms with Gasteiger partial charge in [0.15, 0.2) is 5.16 Å². The van der Waals surface area contributed by atoms with E-state index in [0.717, 1.165) is 22.2 Å². The lowest BCUT2D eigenvalue weighted by molar-refractivity contribution is 0.271. The zero-order chi connectivity index (χ0) is 15.5. The molecule has 3 rings (SSSR count). The molecule has 8 heteroatoms. The van der Waals surface area contributed by atoms with Gasteiger partial charge < -0.3 is 9.67 Å². The molecule has 0 bridgehead atoms. The van der Waals surface area contributed by atoms with E-state index in [1.165, 1.54) is 0 Å². The SMILES string of the molecule is Cn1c(CO)cnc1SCc1cn(-c2ccc(Cl)cc2)nn1. The highest BCUT2D eigenvalue weighted by Gasteiger charge is 2.09. The van der Waals surface area contributed by atoms with Crippen LogP contribution in [-0.4, -0.2) is 29.7 Å². The van der Waals surface area contributed by atoms with Crippen molar-refractivity contribution in [1.29, 1.82) is 0 Å². The quantitative estimate of drug-likeness (QED) is 0.725. The van der Waals surface area contributed by atoms with Crippen molar-refractivity contribution >= 4 is 23.4 Å². The van der Waals surface area contributed by atoms with Crippen LogP contribution in [0.5, 0.6) is 0 Å². The van der Waals surface area contributed by atoms with Gasteiger partial charge in [-0.3, -0.25) is 0 Å². The maximum absolute atomic E-state index is 9.16. The predicted molar refractivity (Wildman–Crippen MR) is 85.1 cm³/mol. The van der Waals surface area contributed by atoms with Crippen LogP contribution in [0.1, 0.15) is 11.4 Å². The van der Waals surface area contributed by atoms with Gasteiger partial charge in [-0.25, -0.2) is 9.67 Å². The summed E-state index contributed by atoms with van der Waals surface area (Å²) in [7, 11) is 1.88. The molecule has 0 unspecified atom stereocenters. The third-order valence-corrected chi connectivity index (χ3v) is 4.51. The normalized spacial score (nSPS) is 11.0. The Morgan fingerprint density at radius 2 is 2.05 bits per heavy atom. The summed E-state index contributed by atoms with van der Waals surface area (Å²) in [4.78, 5) is 4.27. The van der Waals surface area contributed by atoms with Crippen LogP contribution in [0, 0.1) is 0 Å². The van der Waals surface area contributed by atoms with Crippen LogP contribution in [0.25, 0.3) is 5.69 Å². The summed E-state index contributed by atoms with van der Waals surface area (Å²) in [6.07, 6.45) is 3.55. The molecule has 1 N–H and O–H groups in total. The van der Waals surface area contributed by atoms with E-state index in [1.807, 2.05) is 42.1 Å². The first-order valence-electron chi connectivity index (χ1n) is 6.59. The summed E-state index contributed by atoms with van der Waals surface area (Å²) < 4.78 is 3.58. The van der Waals surface area contributed by atoms with Crippen LogP contribution in [0.2, 0.25) is 5.02 Å². The van der Waals surface area contributed by atoms with Crippen molar-refractivity contribution in [1.82, 2.24) is 24.5 Å². The van der Waals surface area contributed by atoms with Crippen LogP contribution in [0.4, 0.5) is 0 Å². The first kappa shape index (κ1) is 15.1. The summed E-state index contributed by atoms with van der Waals surface area (Å²) in [6.45, 7) is -0.0171. The molecule has 0 amide bonds. The fourth-order valence-electron chi connectivity index (χ4n) is 1.93. The van der Waals surface area contributed by atoms with Gasteiger partial charge in [0, 0.05) is 17.8 Å². The van der Waals surface area contributed by atoms with Crippen LogP contribution in [0.3, 0.4) is 0 Å². The Kier molecular flexibility index (Phi) is 4.47. The number of rotatable bonds is 5. The number of hydrogen-bond donors (Lipinski definition) is 1. The molecule has 0 saturated carbocycles. The van der Waals surface area contributed by atoms with Crippen molar-refractivity contribution < 1.29 is 5.11 Å². The Morgan fingerprint density at radius 1 is 1.27 bits per heavy atom. The van der Waals surface area contributed by atoms with Gasteiger partial charge in [-0.2, -0.15) is 0 Å². The molecule has 2 heterocycles. The molecule has 0 spiro atoms. The highest BCUT2D eigenvalue weighted by atomic mass is 35.5. The number of imidazole rings is 1. The van der Waals surface area contributed by atoms with Crippen molar-refractivity contribution in [3.63, 3.8) is 0 Å². The maximum Gasteiger partial charge on any atom is 0.168 e. The minimum absolute atomic E-state index is 0.0171. The van der Waals surface area contributed by atoms with Crippen LogP contribution in [-0.2, 0) is 19.4 Å². The Bertz CT molecular complexity index is 768. The molecular weight excluding hydrogens is 322 g/mol. The molecule has 1 aromatic carbocycles. The van der Waals surface area contributed by atoms with Gasteiger partial charge in [0.1, 0.15) is 0 Å². The number of aliphatic hydroxyl groups is 1. The molecule has 22 heavy (non-hydrogen) atoms. The summed E-state index contributed by atoms with van der Waals surface area (Å²) in [6, 6.07) is 7.41. The van der Waals surface area contributed by atoms with Gasteiger partial charge in [0.05, 0.1) is 36.1 Å². The molecule has 0 aliphatic carbocycles. The second-order valence-corrected chi connectivity index (χ2v) is 6.05. The molecule has 0 aliphatic heterocycles. The van der Waals surface area contributed by atoms with Gasteiger partial charge in [0.25, 0.3) is 0 Å². The van der Waals surface area contributed by atoms with E-state index in [0.29, 0.717) is 10.8 Å². The van der Waals surface area contributed by atoms with E-state index in [-0.39, 0.29) is 6.61 Å². The third-order valence-electron chi connectivity index (χ3n) is 3.18. The van der Waals surface area contributed by atoms with Gasteiger partial charge in [-0.05, 0) is 24.3 Å². The molecule has 2 aromatic heterocycles. The van der Waals surface area contributed by atoms with E-state index in [1.54, 1.807) is 22.6 Å². The van der Waals surface area contributed by atoms with Crippen molar-refractivity contribution in [2.45, 2.75) is 17.5 Å². The van der Waals surface area contributed by atoms with Gasteiger partial charge >= 0.3 is 0 Å². The average molecular weight is 336 g/mol. The third kappa shape index (κ3) is 3.16. The van der Waals surface area contributed by atoms with Crippen LogP contribution >= 0.6 is 23.4 Å². The summed E-state index contributed by atoms with van der Waals surface area (Å²) in [5, 5.41) is 19.0. The highest BCUT2D eigenvalue weighted by molar-refractivity contribution is 7.98. The van der Waals surface area contributed by atoms with E-state index in [9.17, 15) is 0 Å². The number of aromatic nitrogens is 5. The standard InChI is InChI=1S/C14H14ClN5OS/c1-19-13(8-21)6-16-14(19)22-9-11-7-20(18-17-11)12-4-2-10(15)3-5-12/h2-7,21H,8-9H2,1H3. The van der Waals surface area contributed by atoms with E-state index in [4.69, 9.17) is 16.7 Å². The van der Waals surface area contributed by atoms with Gasteiger partial charge in [-0.15, -0.1) is 5.10 Å². The largest absolute Gasteiger partial charge is 0.390 e. The lowest BCUT2D eigenvalue weighted by Crippen LogP contribution is -1.97. The van der Waals surface area contributed by atoms with Crippen molar-refractivity contribution in [3.05, 3.63) is 53.1 Å². The molecule has 0 atom stereocenters. The zero-order valence-electron chi connectivity index (χ0n) is 11.8. The molecular formula is C14H14ClN5OS. The fourth-order valence-corrected chi connectivity index (χ4v) is 2.90. The summed E-state index contributed by atoms with van der Waals surface area (Å²) in [5.74, 6) is 0.656. The van der Waals surface area contributed by atoms with E-state index < -0.39 is 0 Å². The van der Waals surface area contributed by atoms with Crippen LogP contribution in [0.15, 0.2) is 41.8 Å². The van der Waals surface area contributed by atoms with Crippen molar-refractivity contribution in [2.24, 2.45) is 7.05 Å². The maximum atomic E-state index is 9.16. The number of nitrogens with zero attached hydrogens (tertiary/aromatic N) is 5. The van der Waals surface area contributed by atoms with Crippen LogP contribution < -0.4 is 0 Å². The molecule has 0 aliphatic rings.